The van der Waals surface area contributed by atoms with E-state index in [0.29, 0.717) is 17.7 Å². The lowest BCUT2D eigenvalue weighted by atomic mass is 9.88. The molecule has 2 rings (SSSR count). The lowest BCUT2D eigenvalue weighted by Gasteiger charge is -2.44. The maximum Gasteiger partial charge on any atom is 0.334 e. The van der Waals surface area contributed by atoms with Gasteiger partial charge in [0.25, 0.3) is 0 Å². The van der Waals surface area contributed by atoms with E-state index in [2.05, 4.69) is 11.5 Å². The van der Waals surface area contributed by atoms with Gasteiger partial charge in [0.15, 0.2) is 6.23 Å². The minimum absolute atomic E-state index is 0.125. The van der Waals surface area contributed by atoms with Crippen molar-refractivity contribution < 1.29 is 9.53 Å². The summed E-state index contributed by atoms with van der Waals surface area (Å²) in [5, 5.41) is 0. The van der Waals surface area contributed by atoms with Crippen molar-refractivity contribution in [3.05, 3.63) is 12.2 Å². The Morgan fingerprint density at radius 1 is 1.00 bits per heavy atom. The van der Waals surface area contributed by atoms with E-state index in [-0.39, 0.29) is 12.2 Å². The summed E-state index contributed by atoms with van der Waals surface area (Å²) in [6.07, 6.45) is 12.9. The lowest BCUT2D eigenvalue weighted by Crippen LogP contribution is -2.51. The summed E-state index contributed by atoms with van der Waals surface area (Å²) >= 11 is 0. The van der Waals surface area contributed by atoms with Crippen molar-refractivity contribution in [3.63, 3.8) is 0 Å². The highest BCUT2D eigenvalue weighted by atomic mass is 16.6. The van der Waals surface area contributed by atoms with Crippen LogP contribution >= 0.6 is 0 Å². The summed E-state index contributed by atoms with van der Waals surface area (Å²) in [5.74, 6) is -0.251. The predicted molar refractivity (Wildman–Crippen MR) is 86.0 cm³/mol. The summed E-state index contributed by atoms with van der Waals surface area (Å²) in [7, 11) is 0. The molecule has 21 heavy (non-hydrogen) atoms. The smallest absolute Gasteiger partial charge is 0.334 e. The van der Waals surface area contributed by atoms with Gasteiger partial charge >= 0.3 is 5.97 Å². The van der Waals surface area contributed by atoms with Crippen LogP contribution < -0.4 is 0 Å². The Bertz CT molecular complexity index is 336. The van der Waals surface area contributed by atoms with Crippen LogP contribution in [0.5, 0.6) is 0 Å². The second-order valence-electron chi connectivity index (χ2n) is 6.82. The first-order chi connectivity index (χ1) is 10.1. The molecule has 0 aromatic rings. The molecule has 2 aliphatic rings. The monoisotopic (exact) mass is 293 g/mol. The van der Waals surface area contributed by atoms with E-state index in [0.717, 1.165) is 0 Å². The van der Waals surface area contributed by atoms with Gasteiger partial charge in [0.05, 0.1) is 0 Å². The molecule has 2 aliphatic carbocycles. The van der Waals surface area contributed by atoms with E-state index in [1.54, 1.807) is 6.92 Å². The van der Waals surface area contributed by atoms with Crippen LogP contribution in [0.1, 0.15) is 78.1 Å². The van der Waals surface area contributed by atoms with Gasteiger partial charge in [-0.2, -0.15) is 0 Å². The molecular formula is C18H31NO2. The van der Waals surface area contributed by atoms with Crippen molar-refractivity contribution in [1.82, 2.24) is 4.90 Å². The molecule has 3 nitrogen and oxygen atoms in total. The summed E-state index contributed by atoms with van der Waals surface area (Å²) in [6.45, 7) is 7.47. The van der Waals surface area contributed by atoms with E-state index < -0.39 is 0 Å². The molecule has 0 aromatic carbocycles. The van der Waals surface area contributed by atoms with Gasteiger partial charge < -0.3 is 4.74 Å². The Labute approximate surface area is 129 Å². The Kier molecular flexibility index (Phi) is 6.28. The first-order valence-electron chi connectivity index (χ1n) is 8.73. The average molecular weight is 293 g/mol. The molecule has 0 saturated heterocycles. The molecule has 1 atom stereocenters. The highest BCUT2D eigenvalue weighted by Gasteiger charge is 2.33. The first kappa shape index (κ1) is 16.5. The zero-order chi connectivity index (χ0) is 15.2. The molecule has 2 fully saturated rings. The minimum atomic E-state index is -0.251. The fraction of sp³-hybridized carbons (Fsp3) is 0.833. The van der Waals surface area contributed by atoms with Crippen LogP contribution in [0.3, 0.4) is 0 Å². The Hall–Kier alpha value is -0.830. The maximum absolute atomic E-state index is 11.9. The summed E-state index contributed by atoms with van der Waals surface area (Å²) in [4.78, 5) is 14.4. The van der Waals surface area contributed by atoms with E-state index in [1.165, 1.54) is 64.2 Å². The Morgan fingerprint density at radius 2 is 1.43 bits per heavy atom. The molecule has 0 radical (unpaired) electrons. The van der Waals surface area contributed by atoms with Crippen molar-refractivity contribution in [2.24, 2.45) is 0 Å². The van der Waals surface area contributed by atoms with Gasteiger partial charge in [-0.25, -0.2) is 4.79 Å². The second kappa shape index (κ2) is 7.98. The molecule has 3 heteroatoms. The number of esters is 1. The SMILES string of the molecule is C=C(C)C(=O)OC(C)N(C1CCCCC1)C1CCCCC1. The van der Waals surface area contributed by atoms with Crippen LogP contribution in [0.2, 0.25) is 0 Å². The number of rotatable bonds is 5. The van der Waals surface area contributed by atoms with Gasteiger partial charge in [0.1, 0.15) is 0 Å². The van der Waals surface area contributed by atoms with E-state index in [4.69, 9.17) is 4.74 Å². The number of carbonyl (C=O) groups is 1. The maximum atomic E-state index is 11.9. The van der Waals surface area contributed by atoms with E-state index >= 15 is 0 Å². The Morgan fingerprint density at radius 3 is 1.81 bits per heavy atom. The molecule has 1 unspecified atom stereocenters. The highest BCUT2D eigenvalue weighted by Crippen LogP contribution is 2.32. The fourth-order valence-corrected chi connectivity index (χ4v) is 3.97. The van der Waals surface area contributed by atoms with Crippen LogP contribution in [-0.4, -0.2) is 29.2 Å². The van der Waals surface area contributed by atoms with Gasteiger partial charge in [0.2, 0.25) is 0 Å². The van der Waals surface area contributed by atoms with Crippen molar-refractivity contribution in [3.8, 4) is 0 Å². The van der Waals surface area contributed by atoms with Crippen LogP contribution in [0.4, 0.5) is 0 Å². The molecule has 120 valence electrons. The third-order valence-corrected chi connectivity index (χ3v) is 5.04. The molecule has 0 bridgehead atoms. The quantitative estimate of drug-likeness (QED) is 0.427. The van der Waals surface area contributed by atoms with E-state index in [1.807, 2.05) is 6.92 Å². The summed E-state index contributed by atoms with van der Waals surface area (Å²) < 4.78 is 5.67. The second-order valence-corrected chi connectivity index (χ2v) is 6.82. The zero-order valence-corrected chi connectivity index (χ0v) is 13.8. The van der Waals surface area contributed by atoms with Crippen molar-refractivity contribution >= 4 is 5.97 Å². The van der Waals surface area contributed by atoms with Gasteiger partial charge in [-0.3, -0.25) is 4.90 Å². The van der Waals surface area contributed by atoms with Gasteiger partial charge in [0, 0.05) is 17.7 Å². The molecule has 0 amide bonds. The molecule has 0 aromatic heterocycles. The topological polar surface area (TPSA) is 29.5 Å². The standard InChI is InChI=1S/C18H31NO2/c1-14(2)18(20)21-15(3)19(16-10-6-4-7-11-16)17-12-8-5-9-13-17/h15-17H,1,4-13H2,2-3H3. The molecule has 0 heterocycles. The number of hydrogen-bond acceptors (Lipinski definition) is 3. The zero-order valence-electron chi connectivity index (χ0n) is 13.8. The normalized spacial score (nSPS) is 23.0. The molecule has 0 N–H and O–H groups in total. The minimum Gasteiger partial charge on any atom is -0.443 e. The number of nitrogens with zero attached hydrogens (tertiary/aromatic N) is 1. The van der Waals surface area contributed by atoms with Crippen LogP contribution in [0.15, 0.2) is 12.2 Å². The van der Waals surface area contributed by atoms with Gasteiger partial charge in [-0.15, -0.1) is 0 Å². The van der Waals surface area contributed by atoms with Crippen molar-refractivity contribution in [1.29, 1.82) is 0 Å². The summed E-state index contributed by atoms with van der Waals surface area (Å²) in [6, 6.07) is 1.18. The average Bonchev–Trinajstić information content (AvgIpc) is 2.49. The third kappa shape index (κ3) is 4.57. The molecule has 0 spiro atoms. The van der Waals surface area contributed by atoms with Gasteiger partial charge in [-0.1, -0.05) is 45.1 Å². The lowest BCUT2D eigenvalue weighted by molar-refractivity contribution is -0.160. The van der Waals surface area contributed by atoms with Crippen molar-refractivity contribution in [2.45, 2.75) is 96.4 Å². The molecular weight excluding hydrogens is 262 g/mol. The largest absolute Gasteiger partial charge is 0.443 e. The fourth-order valence-electron chi connectivity index (χ4n) is 3.97. The predicted octanol–water partition coefficient (Wildman–Crippen LogP) is 4.42. The number of ether oxygens (including phenoxy) is 1. The van der Waals surface area contributed by atoms with Crippen molar-refractivity contribution in [2.75, 3.05) is 0 Å². The van der Waals surface area contributed by atoms with E-state index in [9.17, 15) is 4.79 Å². The number of hydrogen-bond donors (Lipinski definition) is 0. The highest BCUT2D eigenvalue weighted by molar-refractivity contribution is 5.87. The first-order valence-corrected chi connectivity index (χ1v) is 8.73. The van der Waals surface area contributed by atoms with Crippen LogP contribution in [0.25, 0.3) is 0 Å². The summed E-state index contributed by atoms with van der Waals surface area (Å²) in [5.41, 5.74) is 0.495. The molecule has 2 saturated carbocycles. The van der Waals surface area contributed by atoms with Gasteiger partial charge in [-0.05, 0) is 39.5 Å². The Balaban J connectivity index is 2.05. The van der Waals surface area contributed by atoms with Crippen LogP contribution in [-0.2, 0) is 9.53 Å². The van der Waals surface area contributed by atoms with Crippen LogP contribution in [0, 0.1) is 0 Å². The molecule has 0 aliphatic heterocycles. The third-order valence-electron chi connectivity index (χ3n) is 5.04. The number of carbonyl (C=O) groups excluding carboxylic acids is 1.